The standard InChI is InChI=1S/C15H23N3O3/c1-3-8-21-15-9-13(4-5-14(15)18(19)20)16-10-12-6-7-17(2)11-12/h4-5,9,12,16H,3,6-8,10-11H2,1-2H3. The molecule has 1 aromatic rings. The third-order valence-corrected chi connectivity index (χ3v) is 3.70. The van der Waals surface area contributed by atoms with Gasteiger partial charge in [0.25, 0.3) is 0 Å². The number of benzene rings is 1. The molecule has 1 saturated heterocycles. The van der Waals surface area contributed by atoms with E-state index in [1.165, 1.54) is 12.5 Å². The average Bonchev–Trinajstić information content (AvgIpc) is 2.88. The fourth-order valence-electron chi connectivity index (χ4n) is 2.56. The summed E-state index contributed by atoms with van der Waals surface area (Å²) in [6.07, 6.45) is 2.01. The van der Waals surface area contributed by atoms with Gasteiger partial charge in [0.2, 0.25) is 0 Å². The monoisotopic (exact) mass is 293 g/mol. The number of nitrogens with zero attached hydrogens (tertiary/aromatic N) is 2. The number of rotatable bonds is 7. The van der Waals surface area contributed by atoms with Crippen LogP contribution in [-0.4, -0.2) is 43.1 Å². The summed E-state index contributed by atoms with van der Waals surface area (Å²) < 4.78 is 5.49. The van der Waals surface area contributed by atoms with E-state index >= 15 is 0 Å². The highest BCUT2D eigenvalue weighted by atomic mass is 16.6. The smallest absolute Gasteiger partial charge is 0.311 e. The Kier molecular flexibility index (Phi) is 5.38. The van der Waals surface area contributed by atoms with Gasteiger partial charge in [0.1, 0.15) is 0 Å². The third-order valence-electron chi connectivity index (χ3n) is 3.70. The van der Waals surface area contributed by atoms with Crippen LogP contribution in [0.4, 0.5) is 11.4 Å². The maximum Gasteiger partial charge on any atom is 0.311 e. The Labute approximate surface area is 125 Å². The van der Waals surface area contributed by atoms with E-state index < -0.39 is 4.92 Å². The lowest BCUT2D eigenvalue weighted by Crippen LogP contribution is -2.19. The summed E-state index contributed by atoms with van der Waals surface area (Å²) in [6, 6.07) is 4.98. The summed E-state index contributed by atoms with van der Waals surface area (Å²) in [5, 5.41) is 14.4. The van der Waals surface area contributed by atoms with Crippen molar-refractivity contribution in [3.05, 3.63) is 28.3 Å². The minimum atomic E-state index is -0.402. The molecule has 6 nitrogen and oxygen atoms in total. The summed E-state index contributed by atoms with van der Waals surface area (Å²) >= 11 is 0. The number of hydrogen-bond acceptors (Lipinski definition) is 5. The zero-order valence-corrected chi connectivity index (χ0v) is 12.7. The highest BCUT2D eigenvalue weighted by Gasteiger charge is 2.20. The first-order valence-corrected chi connectivity index (χ1v) is 7.43. The summed E-state index contributed by atoms with van der Waals surface area (Å²) in [6.45, 7) is 5.58. The molecule has 0 saturated carbocycles. The third kappa shape index (κ3) is 4.32. The van der Waals surface area contributed by atoms with Gasteiger partial charge in [0, 0.05) is 30.9 Å². The molecule has 116 valence electrons. The molecule has 1 fully saturated rings. The number of nitrogens with one attached hydrogen (secondary N) is 1. The van der Waals surface area contributed by atoms with E-state index in [1.807, 2.05) is 6.92 Å². The van der Waals surface area contributed by atoms with E-state index in [4.69, 9.17) is 4.74 Å². The molecular formula is C15H23N3O3. The SMILES string of the molecule is CCCOc1cc(NCC2CCN(C)C2)ccc1[N+](=O)[O-]. The molecule has 0 amide bonds. The fourth-order valence-corrected chi connectivity index (χ4v) is 2.56. The lowest BCUT2D eigenvalue weighted by molar-refractivity contribution is -0.385. The van der Waals surface area contributed by atoms with Crippen molar-refractivity contribution < 1.29 is 9.66 Å². The maximum atomic E-state index is 11.0. The number of nitro groups is 1. The van der Waals surface area contributed by atoms with Crippen molar-refractivity contribution in [2.24, 2.45) is 5.92 Å². The molecule has 1 aliphatic rings. The number of likely N-dealkylation sites (tertiary alicyclic amines) is 1. The Morgan fingerprint density at radius 3 is 2.95 bits per heavy atom. The van der Waals surface area contributed by atoms with Crippen LogP contribution in [0.25, 0.3) is 0 Å². The van der Waals surface area contributed by atoms with E-state index in [9.17, 15) is 10.1 Å². The van der Waals surface area contributed by atoms with Gasteiger partial charge in [-0.1, -0.05) is 6.92 Å². The molecule has 1 aliphatic heterocycles. The number of ether oxygens (including phenoxy) is 1. The Balaban J connectivity index is 2.00. The molecule has 1 N–H and O–H groups in total. The Hall–Kier alpha value is -1.82. The molecule has 0 aromatic heterocycles. The topological polar surface area (TPSA) is 67.6 Å². The summed E-state index contributed by atoms with van der Waals surface area (Å²) in [5.74, 6) is 0.973. The molecule has 2 rings (SSSR count). The lowest BCUT2D eigenvalue weighted by atomic mass is 10.1. The van der Waals surface area contributed by atoms with Gasteiger partial charge in [-0.15, -0.1) is 0 Å². The van der Waals surface area contributed by atoms with Gasteiger partial charge in [0.05, 0.1) is 11.5 Å². The van der Waals surface area contributed by atoms with Gasteiger partial charge >= 0.3 is 5.69 Å². The van der Waals surface area contributed by atoms with Crippen LogP contribution < -0.4 is 10.1 Å². The van der Waals surface area contributed by atoms with Gasteiger partial charge in [-0.25, -0.2) is 0 Å². The highest BCUT2D eigenvalue weighted by Crippen LogP contribution is 2.30. The summed E-state index contributed by atoms with van der Waals surface area (Å²) in [4.78, 5) is 12.9. The van der Waals surface area contributed by atoms with Crippen LogP contribution in [0, 0.1) is 16.0 Å². The highest BCUT2D eigenvalue weighted by molar-refractivity contribution is 5.58. The van der Waals surface area contributed by atoms with Crippen molar-refractivity contribution in [2.45, 2.75) is 19.8 Å². The second-order valence-corrected chi connectivity index (χ2v) is 5.59. The van der Waals surface area contributed by atoms with E-state index in [2.05, 4.69) is 17.3 Å². The second kappa shape index (κ2) is 7.26. The van der Waals surface area contributed by atoms with Crippen molar-refractivity contribution in [3.8, 4) is 5.75 Å². The molecule has 6 heteroatoms. The minimum absolute atomic E-state index is 0.0228. The van der Waals surface area contributed by atoms with Crippen LogP contribution >= 0.6 is 0 Å². The van der Waals surface area contributed by atoms with Gasteiger partial charge in [-0.2, -0.15) is 0 Å². The first-order valence-electron chi connectivity index (χ1n) is 7.43. The normalized spacial score (nSPS) is 18.7. The Morgan fingerprint density at radius 1 is 1.52 bits per heavy atom. The molecule has 0 spiro atoms. The first kappa shape index (κ1) is 15.6. The first-order chi connectivity index (χ1) is 10.1. The van der Waals surface area contributed by atoms with E-state index in [0.717, 1.165) is 31.7 Å². The predicted molar refractivity (Wildman–Crippen MR) is 83.0 cm³/mol. The molecular weight excluding hydrogens is 270 g/mol. The van der Waals surface area contributed by atoms with Gasteiger partial charge in [-0.3, -0.25) is 10.1 Å². The summed E-state index contributed by atoms with van der Waals surface area (Å²) in [7, 11) is 2.13. The van der Waals surface area contributed by atoms with Crippen molar-refractivity contribution in [1.82, 2.24) is 4.90 Å². The zero-order chi connectivity index (χ0) is 15.2. The average molecular weight is 293 g/mol. The van der Waals surface area contributed by atoms with Crippen LogP contribution in [-0.2, 0) is 0 Å². The van der Waals surface area contributed by atoms with Gasteiger partial charge < -0.3 is 15.0 Å². The Morgan fingerprint density at radius 2 is 2.33 bits per heavy atom. The predicted octanol–water partition coefficient (Wildman–Crippen LogP) is 2.75. The molecule has 0 bridgehead atoms. The van der Waals surface area contributed by atoms with Crippen LogP contribution in [0.15, 0.2) is 18.2 Å². The van der Waals surface area contributed by atoms with E-state index in [0.29, 0.717) is 18.3 Å². The number of anilines is 1. The fraction of sp³-hybridized carbons (Fsp3) is 0.600. The van der Waals surface area contributed by atoms with Crippen LogP contribution in [0.2, 0.25) is 0 Å². The quantitative estimate of drug-likeness (QED) is 0.618. The lowest BCUT2D eigenvalue weighted by Gasteiger charge is -2.14. The van der Waals surface area contributed by atoms with Crippen molar-refractivity contribution in [3.63, 3.8) is 0 Å². The van der Waals surface area contributed by atoms with Crippen LogP contribution in [0.1, 0.15) is 19.8 Å². The summed E-state index contributed by atoms with van der Waals surface area (Å²) in [5.41, 5.74) is 0.899. The molecule has 1 atom stereocenters. The molecule has 1 unspecified atom stereocenters. The molecule has 21 heavy (non-hydrogen) atoms. The van der Waals surface area contributed by atoms with Crippen molar-refractivity contribution >= 4 is 11.4 Å². The molecule has 0 aliphatic carbocycles. The molecule has 1 heterocycles. The number of hydrogen-bond donors (Lipinski definition) is 1. The maximum absolute atomic E-state index is 11.0. The van der Waals surface area contributed by atoms with Crippen molar-refractivity contribution in [2.75, 3.05) is 38.6 Å². The second-order valence-electron chi connectivity index (χ2n) is 5.59. The largest absolute Gasteiger partial charge is 0.487 e. The minimum Gasteiger partial charge on any atom is -0.487 e. The van der Waals surface area contributed by atoms with Gasteiger partial charge in [-0.05, 0) is 38.4 Å². The Bertz CT molecular complexity index is 493. The zero-order valence-electron chi connectivity index (χ0n) is 12.7. The number of nitro benzene ring substituents is 1. The van der Waals surface area contributed by atoms with Crippen molar-refractivity contribution in [1.29, 1.82) is 0 Å². The molecule has 1 aromatic carbocycles. The molecule has 0 radical (unpaired) electrons. The van der Waals surface area contributed by atoms with Gasteiger partial charge in [0.15, 0.2) is 5.75 Å². The van der Waals surface area contributed by atoms with Crippen LogP contribution in [0.5, 0.6) is 5.75 Å². The van der Waals surface area contributed by atoms with Crippen LogP contribution in [0.3, 0.4) is 0 Å². The van der Waals surface area contributed by atoms with E-state index in [1.54, 1.807) is 12.1 Å². The van der Waals surface area contributed by atoms with E-state index in [-0.39, 0.29) is 5.69 Å².